The summed E-state index contributed by atoms with van der Waals surface area (Å²) >= 11 is 2.98. The van der Waals surface area contributed by atoms with E-state index in [1.807, 2.05) is 0 Å². The van der Waals surface area contributed by atoms with Gasteiger partial charge < -0.3 is 0 Å². The van der Waals surface area contributed by atoms with E-state index < -0.39 is 34.6 Å². The zero-order valence-electron chi connectivity index (χ0n) is 9.18. The molecule has 2 rings (SSSR count). The molecule has 0 atom stereocenters. The first-order chi connectivity index (χ1) is 8.90. The molecule has 19 heavy (non-hydrogen) atoms. The van der Waals surface area contributed by atoms with E-state index in [9.17, 15) is 22.4 Å². The van der Waals surface area contributed by atoms with E-state index in [1.54, 1.807) is 0 Å². The quantitative estimate of drug-likeness (QED) is 0.457. The minimum atomic E-state index is -1.73. The molecule has 0 aromatic heterocycles. The van der Waals surface area contributed by atoms with Gasteiger partial charge in [-0.3, -0.25) is 4.79 Å². The van der Waals surface area contributed by atoms with Gasteiger partial charge in [0, 0.05) is 10.0 Å². The molecule has 0 saturated heterocycles. The maximum Gasteiger partial charge on any atom is 0.196 e. The van der Waals surface area contributed by atoms with Crippen LogP contribution >= 0.6 is 15.9 Å². The minimum Gasteiger partial charge on any atom is -0.288 e. The predicted molar refractivity (Wildman–Crippen MR) is 63.8 cm³/mol. The lowest BCUT2D eigenvalue weighted by atomic mass is 10.0. The van der Waals surface area contributed by atoms with Gasteiger partial charge in [-0.05, 0) is 30.3 Å². The van der Waals surface area contributed by atoms with E-state index in [0.29, 0.717) is 6.07 Å². The number of hydrogen-bond acceptors (Lipinski definition) is 1. The third-order valence-electron chi connectivity index (χ3n) is 2.40. The maximum absolute atomic E-state index is 13.5. The number of halogens is 5. The van der Waals surface area contributed by atoms with Gasteiger partial charge in [0.15, 0.2) is 23.2 Å². The highest BCUT2D eigenvalue weighted by atomic mass is 79.9. The molecule has 0 aliphatic carbocycles. The SMILES string of the molecule is O=C(c1cc(F)cc(Br)c1)c1ccc(F)c(F)c1F. The van der Waals surface area contributed by atoms with Crippen molar-refractivity contribution in [2.45, 2.75) is 0 Å². The van der Waals surface area contributed by atoms with Gasteiger partial charge in [0.1, 0.15) is 5.82 Å². The Morgan fingerprint density at radius 3 is 2.26 bits per heavy atom. The Labute approximate surface area is 114 Å². The van der Waals surface area contributed by atoms with Crippen LogP contribution in [-0.2, 0) is 0 Å². The van der Waals surface area contributed by atoms with Crippen molar-refractivity contribution in [2.75, 3.05) is 0 Å². The number of ketones is 1. The Bertz CT molecular complexity index is 650. The van der Waals surface area contributed by atoms with Crippen LogP contribution in [0.2, 0.25) is 0 Å². The van der Waals surface area contributed by atoms with Crippen LogP contribution < -0.4 is 0 Å². The fraction of sp³-hybridized carbons (Fsp3) is 0. The number of hydrogen-bond donors (Lipinski definition) is 0. The summed E-state index contributed by atoms with van der Waals surface area (Å²) in [7, 11) is 0. The van der Waals surface area contributed by atoms with Crippen LogP contribution in [-0.4, -0.2) is 5.78 Å². The zero-order valence-corrected chi connectivity index (χ0v) is 10.8. The lowest BCUT2D eigenvalue weighted by molar-refractivity contribution is 0.103. The molecule has 6 heteroatoms. The van der Waals surface area contributed by atoms with Gasteiger partial charge in [0.2, 0.25) is 0 Å². The highest BCUT2D eigenvalue weighted by molar-refractivity contribution is 9.10. The molecule has 0 spiro atoms. The second kappa shape index (κ2) is 5.13. The van der Waals surface area contributed by atoms with E-state index in [4.69, 9.17) is 0 Å². The monoisotopic (exact) mass is 332 g/mol. The summed E-state index contributed by atoms with van der Waals surface area (Å²) in [5.74, 6) is -6.36. The molecule has 0 heterocycles. The van der Waals surface area contributed by atoms with Gasteiger partial charge in [-0.2, -0.15) is 0 Å². The summed E-state index contributed by atoms with van der Waals surface area (Å²) in [6, 6.07) is 4.70. The van der Waals surface area contributed by atoms with Gasteiger partial charge in [0.25, 0.3) is 0 Å². The Morgan fingerprint density at radius 1 is 0.947 bits per heavy atom. The summed E-state index contributed by atoms with van der Waals surface area (Å²) in [6.45, 7) is 0. The van der Waals surface area contributed by atoms with E-state index in [-0.39, 0.29) is 10.0 Å². The van der Waals surface area contributed by atoms with Crippen LogP contribution in [0.5, 0.6) is 0 Å². The standard InChI is InChI=1S/C13H5BrF4O/c14-7-3-6(4-8(15)5-7)13(19)9-1-2-10(16)12(18)11(9)17/h1-5H. The first kappa shape index (κ1) is 13.7. The average Bonchev–Trinajstić information content (AvgIpc) is 2.34. The maximum atomic E-state index is 13.5. The van der Waals surface area contributed by atoms with Crippen LogP contribution in [0.4, 0.5) is 17.6 Å². The Morgan fingerprint density at radius 2 is 1.63 bits per heavy atom. The van der Waals surface area contributed by atoms with Crippen molar-refractivity contribution in [3.63, 3.8) is 0 Å². The van der Waals surface area contributed by atoms with Gasteiger partial charge in [0.05, 0.1) is 5.56 Å². The summed E-state index contributed by atoms with van der Waals surface area (Å²) in [5, 5.41) is 0. The molecule has 2 aromatic rings. The van der Waals surface area contributed by atoms with Crippen LogP contribution in [0.1, 0.15) is 15.9 Å². The predicted octanol–water partition coefficient (Wildman–Crippen LogP) is 4.24. The number of carbonyl (C=O) groups excluding carboxylic acids is 1. The highest BCUT2D eigenvalue weighted by Crippen LogP contribution is 2.21. The van der Waals surface area contributed by atoms with E-state index >= 15 is 0 Å². The molecular weight excluding hydrogens is 328 g/mol. The van der Waals surface area contributed by atoms with Crippen molar-refractivity contribution in [3.8, 4) is 0 Å². The largest absolute Gasteiger partial charge is 0.288 e. The fourth-order valence-electron chi connectivity index (χ4n) is 1.54. The molecule has 98 valence electrons. The first-order valence-corrected chi connectivity index (χ1v) is 5.83. The Hall–Kier alpha value is -1.69. The van der Waals surface area contributed by atoms with Crippen molar-refractivity contribution < 1.29 is 22.4 Å². The molecule has 0 aliphatic heterocycles. The van der Waals surface area contributed by atoms with Crippen LogP contribution in [0.3, 0.4) is 0 Å². The van der Waals surface area contributed by atoms with Crippen molar-refractivity contribution in [1.29, 1.82) is 0 Å². The van der Waals surface area contributed by atoms with Crippen LogP contribution in [0, 0.1) is 23.3 Å². The molecule has 0 radical (unpaired) electrons. The van der Waals surface area contributed by atoms with E-state index in [2.05, 4.69) is 15.9 Å². The molecule has 2 aromatic carbocycles. The molecule has 0 aliphatic rings. The molecule has 0 N–H and O–H groups in total. The molecule has 0 unspecified atom stereocenters. The number of carbonyl (C=O) groups is 1. The Balaban J connectivity index is 2.53. The molecule has 0 bridgehead atoms. The van der Waals surface area contributed by atoms with Crippen LogP contribution in [0.25, 0.3) is 0 Å². The summed E-state index contributed by atoms with van der Waals surface area (Å²) in [5.41, 5.74) is -0.826. The number of benzene rings is 2. The number of rotatable bonds is 2. The highest BCUT2D eigenvalue weighted by Gasteiger charge is 2.20. The van der Waals surface area contributed by atoms with E-state index in [0.717, 1.165) is 18.2 Å². The van der Waals surface area contributed by atoms with Gasteiger partial charge in [-0.1, -0.05) is 15.9 Å². The summed E-state index contributed by atoms with van der Waals surface area (Å²) in [6.07, 6.45) is 0. The molecule has 0 amide bonds. The van der Waals surface area contributed by atoms with Gasteiger partial charge in [-0.15, -0.1) is 0 Å². The normalized spacial score (nSPS) is 10.6. The van der Waals surface area contributed by atoms with Crippen LogP contribution in [0.15, 0.2) is 34.8 Å². The lowest BCUT2D eigenvalue weighted by Gasteiger charge is -2.05. The molecular formula is C13H5BrF4O. The Kier molecular flexibility index (Phi) is 3.71. The average molecular weight is 333 g/mol. The third-order valence-corrected chi connectivity index (χ3v) is 2.86. The fourth-order valence-corrected chi connectivity index (χ4v) is 2.01. The first-order valence-electron chi connectivity index (χ1n) is 5.04. The smallest absolute Gasteiger partial charge is 0.196 e. The second-order valence-electron chi connectivity index (χ2n) is 3.71. The molecule has 1 nitrogen and oxygen atoms in total. The van der Waals surface area contributed by atoms with Crippen molar-refractivity contribution in [3.05, 3.63) is 69.2 Å². The van der Waals surface area contributed by atoms with Crippen molar-refractivity contribution >= 4 is 21.7 Å². The minimum absolute atomic E-state index is 0.170. The van der Waals surface area contributed by atoms with Crippen molar-refractivity contribution in [2.24, 2.45) is 0 Å². The lowest BCUT2D eigenvalue weighted by Crippen LogP contribution is -2.07. The summed E-state index contributed by atoms with van der Waals surface area (Å²) < 4.78 is 52.7. The zero-order chi connectivity index (χ0) is 14.2. The topological polar surface area (TPSA) is 17.1 Å². The van der Waals surface area contributed by atoms with Gasteiger partial charge in [-0.25, -0.2) is 17.6 Å². The summed E-state index contributed by atoms with van der Waals surface area (Å²) in [4.78, 5) is 11.9. The second-order valence-corrected chi connectivity index (χ2v) is 4.63. The molecule has 0 fully saturated rings. The third kappa shape index (κ3) is 2.68. The molecule has 0 saturated carbocycles. The van der Waals surface area contributed by atoms with Crippen molar-refractivity contribution in [1.82, 2.24) is 0 Å². The van der Waals surface area contributed by atoms with E-state index in [1.165, 1.54) is 6.07 Å². The van der Waals surface area contributed by atoms with Gasteiger partial charge >= 0.3 is 0 Å².